The Morgan fingerprint density at radius 3 is 2.30 bits per heavy atom. The maximum Gasteiger partial charge on any atom is 0.243 e. The summed E-state index contributed by atoms with van der Waals surface area (Å²) in [7, 11) is -3.41. The Kier molecular flexibility index (Phi) is 7.67. The van der Waals surface area contributed by atoms with E-state index in [4.69, 9.17) is 0 Å². The van der Waals surface area contributed by atoms with Crippen molar-refractivity contribution in [2.75, 3.05) is 19.6 Å². The van der Waals surface area contributed by atoms with Crippen LogP contribution >= 0.6 is 0 Å². The normalized spacial score (nSPS) is 15.1. The number of hydrogen-bond acceptors (Lipinski definition) is 3. The summed E-state index contributed by atoms with van der Waals surface area (Å²) in [5.41, 5.74) is 3.34. The molecular formula is C24H32N2O3S. The molecule has 2 aromatic rings. The highest BCUT2D eigenvalue weighted by molar-refractivity contribution is 7.89. The molecule has 0 atom stereocenters. The average Bonchev–Trinajstić information content (AvgIpc) is 2.78. The molecule has 6 heteroatoms. The molecule has 1 heterocycles. The van der Waals surface area contributed by atoms with Crippen LogP contribution in [0.1, 0.15) is 49.3 Å². The molecule has 0 radical (unpaired) electrons. The number of nitrogens with zero attached hydrogens (tertiary/aromatic N) is 2. The van der Waals surface area contributed by atoms with E-state index >= 15 is 0 Å². The molecule has 162 valence electrons. The van der Waals surface area contributed by atoms with Crippen molar-refractivity contribution in [2.45, 2.75) is 57.4 Å². The number of hydrogen-bond donors (Lipinski definition) is 0. The van der Waals surface area contributed by atoms with Crippen LogP contribution < -0.4 is 0 Å². The van der Waals surface area contributed by atoms with Gasteiger partial charge in [0.05, 0.1) is 4.90 Å². The predicted molar refractivity (Wildman–Crippen MR) is 120 cm³/mol. The van der Waals surface area contributed by atoms with Crippen molar-refractivity contribution in [2.24, 2.45) is 0 Å². The first-order chi connectivity index (χ1) is 14.4. The van der Waals surface area contributed by atoms with Crippen LogP contribution in [0.25, 0.3) is 0 Å². The van der Waals surface area contributed by atoms with Gasteiger partial charge in [-0.25, -0.2) is 8.42 Å². The predicted octanol–water partition coefficient (Wildman–Crippen LogP) is 4.15. The highest BCUT2D eigenvalue weighted by atomic mass is 32.2. The van der Waals surface area contributed by atoms with Gasteiger partial charge >= 0.3 is 0 Å². The number of amides is 1. The van der Waals surface area contributed by atoms with Gasteiger partial charge in [0.2, 0.25) is 15.9 Å². The minimum Gasteiger partial charge on any atom is -0.339 e. The molecule has 0 saturated carbocycles. The van der Waals surface area contributed by atoms with E-state index in [2.05, 4.69) is 19.1 Å². The molecule has 2 aromatic carbocycles. The molecule has 1 saturated heterocycles. The smallest absolute Gasteiger partial charge is 0.243 e. The van der Waals surface area contributed by atoms with Crippen LogP contribution in [0.15, 0.2) is 53.4 Å². The lowest BCUT2D eigenvalue weighted by molar-refractivity contribution is -0.131. The van der Waals surface area contributed by atoms with E-state index in [-0.39, 0.29) is 5.91 Å². The van der Waals surface area contributed by atoms with Gasteiger partial charge in [-0.15, -0.1) is 0 Å². The zero-order chi connectivity index (χ0) is 21.6. The number of rotatable bonds is 8. The van der Waals surface area contributed by atoms with Crippen LogP contribution in [0, 0.1) is 6.92 Å². The van der Waals surface area contributed by atoms with Gasteiger partial charge in [-0.1, -0.05) is 42.8 Å². The third-order valence-electron chi connectivity index (χ3n) is 5.86. The van der Waals surface area contributed by atoms with Crippen molar-refractivity contribution in [3.8, 4) is 0 Å². The second-order valence-corrected chi connectivity index (χ2v) is 9.88. The quantitative estimate of drug-likeness (QED) is 0.635. The fourth-order valence-corrected chi connectivity index (χ4v) is 5.38. The van der Waals surface area contributed by atoms with Gasteiger partial charge in [0.1, 0.15) is 0 Å². The summed E-state index contributed by atoms with van der Waals surface area (Å²) in [4.78, 5) is 14.9. The van der Waals surface area contributed by atoms with E-state index < -0.39 is 10.0 Å². The maximum atomic E-state index is 12.8. The lowest BCUT2D eigenvalue weighted by Gasteiger charge is -2.26. The number of sulfonamides is 1. The molecule has 1 amide bonds. The third kappa shape index (κ3) is 5.49. The fourth-order valence-electron chi connectivity index (χ4n) is 3.86. The Morgan fingerprint density at radius 2 is 1.67 bits per heavy atom. The monoisotopic (exact) mass is 428 g/mol. The van der Waals surface area contributed by atoms with Crippen molar-refractivity contribution in [1.29, 1.82) is 0 Å². The van der Waals surface area contributed by atoms with Gasteiger partial charge in [-0.2, -0.15) is 4.31 Å². The third-order valence-corrected chi connectivity index (χ3v) is 7.77. The zero-order valence-corrected chi connectivity index (χ0v) is 18.8. The van der Waals surface area contributed by atoms with Gasteiger partial charge in [0, 0.05) is 32.6 Å². The summed E-state index contributed by atoms with van der Waals surface area (Å²) in [6, 6.07) is 15.2. The van der Waals surface area contributed by atoms with Gasteiger partial charge < -0.3 is 4.90 Å². The summed E-state index contributed by atoms with van der Waals surface area (Å²) >= 11 is 0. The Labute approximate surface area is 180 Å². The van der Waals surface area contributed by atoms with Crippen LogP contribution in [0.5, 0.6) is 0 Å². The highest BCUT2D eigenvalue weighted by Gasteiger charge is 2.25. The molecule has 1 aliphatic heterocycles. The van der Waals surface area contributed by atoms with Crippen LogP contribution in [0.4, 0.5) is 0 Å². The summed E-state index contributed by atoms with van der Waals surface area (Å²) in [5, 5.41) is 0. The lowest BCUT2D eigenvalue weighted by atomic mass is 10.1. The number of piperidine rings is 1. The summed E-state index contributed by atoms with van der Waals surface area (Å²) in [6.07, 6.45) is 3.97. The fraction of sp³-hybridized carbons (Fsp3) is 0.458. The maximum absolute atomic E-state index is 12.8. The summed E-state index contributed by atoms with van der Waals surface area (Å²) in [5.74, 6) is 0.116. The van der Waals surface area contributed by atoms with Crippen LogP contribution in [-0.2, 0) is 27.8 Å². The summed E-state index contributed by atoms with van der Waals surface area (Å²) < 4.78 is 27.1. The molecule has 3 rings (SSSR count). The van der Waals surface area contributed by atoms with Crippen LogP contribution in [-0.4, -0.2) is 43.2 Å². The van der Waals surface area contributed by atoms with Crippen molar-refractivity contribution < 1.29 is 13.2 Å². The Hall–Kier alpha value is -2.18. The molecule has 0 spiro atoms. The molecule has 0 N–H and O–H groups in total. The first kappa shape index (κ1) is 22.5. The largest absolute Gasteiger partial charge is 0.339 e. The first-order valence-corrected chi connectivity index (χ1v) is 12.3. The Balaban J connectivity index is 1.58. The Bertz CT molecular complexity index is 949. The molecule has 1 fully saturated rings. The SMILES string of the molecule is CCN(Cc1ccccc1C)C(=O)CCc1ccc(S(=O)(=O)N2CCCCC2)cc1. The van der Waals surface area contributed by atoms with Gasteiger partial charge in [-0.3, -0.25) is 4.79 Å². The number of carbonyl (C=O) groups excluding carboxylic acids is 1. The number of carbonyl (C=O) groups is 1. The van der Waals surface area contributed by atoms with Crippen molar-refractivity contribution in [1.82, 2.24) is 9.21 Å². The number of aryl methyl sites for hydroxylation is 2. The molecule has 30 heavy (non-hydrogen) atoms. The van der Waals surface area contributed by atoms with Crippen LogP contribution in [0.2, 0.25) is 0 Å². The van der Waals surface area contributed by atoms with E-state index in [0.29, 0.717) is 43.9 Å². The average molecular weight is 429 g/mol. The molecule has 0 aromatic heterocycles. The minimum atomic E-state index is -3.41. The van der Waals surface area contributed by atoms with E-state index in [1.54, 1.807) is 16.4 Å². The standard InChI is InChI=1S/C24H32N2O3S/c1-3-25(19-22-10-6-5-9-20(22)2)24(27)16-13-21-11-14-23(15-12-21)30(28,29)26-17-7-4-8-18-26/h5-6,9-12,14-15H,3-4,7-8,13,16-19H2,1-2H3. The van der Waals surface area contributed by atoms with E-state index in [9.17, 15) is 13.2 Å². The highest BCUT2D eigenvalue weighted by Crippen LogP contribution is 2.21. The van der Waals surface area contributed by atoms with Crippen molar-refractivity contribution in [3.05, 3.63) is 65.2 Å². The molecule has 0 bridgehead atoms. The zero-order valence-electron chi connectivity index (χ0n) is 18.0. The topological polar surface area (TPSA) is 57.7 Å². The van der Waals surface area contributed by atoms with Crippen LogP contribution in [0.3, 0.4) is 0 Å². The molecule has 1 aliphatic rings. The Morgan fingerprint density at radius 1 is 1.00 bits per heavy atom. The molecule has 5 nitrogen and oxygen atoms in total. The lowest BCUT2D eigenvalue weighted by Crippen LogP contribution is -2.35. The molecule has 0 aliphatic carbocycles. The minimum absolute atomic E-state index is 0.116. The van der Waals surface area contributed by atoms with E-state index in [1.807, 2.05) is 36.1 Å². The molecular weight excluding hydrogens is 396 g/mol. The first-order valence-electron chi connectivity index (χ1n) is 10.8. The van der Waals surface area contributed by atoms with Crippen molar-refractivity contribution in [3.63, 3.8) is 0 Å². The van der Waals surface area contributed by atoms with Gasteiger partial charge in [0.15, 0.2) is 0 Å². The van der Waals surface area contributed by atoms with Gasteiger partial charge in [0.25, 0.3) is 0 Å². The van der Waals surface area contributed by atoms with E-state index in [0.717, 1.165) is 24.8 Å². The van der Waals surface area contributed by atoms with Gasteiger partial charge in [-0.05, 0) is 61.9 Å². The van der Waals surface area contributed by atoms with Crippen molar-refractivity contribution >= 4 is 15.9 Å². The molecule has 0 unspecified atom stereocenters. The summed E-state index contributed by atoms with van der Waals surface area (Å²) in [6.45, 7) is 6.55. The van der Waals surface area contributed by atoms with E-state index in [1.165, 1.54) is 11.1 Å². The number of benzene rings is 2. The second-order valence-electron chi connectivity index (χ2n) is 7.94. The second kappa shape index (κ2) is 10.2.